The van der Waals surface area contributed by atoms with Crippen LogP contribution in [-0.4, -0.2) is 9.55 Å². The van der Waals surface area contributed by atoms with Crippen molar-refractivity contribution in [2.75, 3.05) is 0 Å². The monoisotopic (exact) mass is 330 g/mol. The second kappa shape index (κ2) is 5.24. The Morgan fingerprint density at radius 3 is 2.48 bits per heavy atom. The summed E-state index contributed by atoms with van der Waals surface area (Å²) in [5.74, 6) is -1.87. The third-order valence-corrected chi connectivity index (χ3v) is 3.54. The molecule has 0 atom stereocenters. The van der Waals surface area contributed by atoms with Crippen LogP contribution < -0.4 is 0 Å². The Balaban J connectivity index is 2.39. The van der Waals surface area contributed by atoms with Crippen LogP contribution in [0.1, 0.15) is 5.82 Å². The van der Waals surface area contributed by atoms with Crippen LogP contribution in [0.15, 0.2) is 30.3 Å². The Kier molecular flexibility index (Phi) is 3.55. The lowest BCUT2D eigenvalue weighted by Gasteiger charge is -2.11. The minimum absolute atomic E-state index is 0.0382. The van der Waals surface area contributed by atoms with E-state index in [1.165, 1.54) is 22.8 Å². The summed E-state index contributed by atoms with van der Waals surface area (Å²) in [4.78, 5) is 4.14. The molecule has 0 aliphatic rings. The van der Waals surface area contributed by atoms with Crippen molar-refractivity contribution in [3.63, 3.8) is 0 Å². The van der Waals surface area contributed by atoms with Crippen molar-refractivity contribution in [1.82, 2.24) is 9.55 Å². The van der Waals surface area contributed by atoms with Gasteiger partial charge < -0.3 is 0 Å². The molecule has 0 saturated heterocycles. The molecule has 0 N–H and O–H groups in total. The highest BCUT2D eigenvalue weighted by atomic mass is 35.5. The number of hydrogen-bond acceptors (Lipinski definition) is 1. The van der Waals surface area contributed by atoms with E-state index in [0.29, 0.717) is 17.1 Å². The van der Waals surface area contributed by atoms with E-state index in [0.717, 1.165) is 6.07 Å². The van der Waals surface area contributed by atoms with E-state index in [1.54, 1.807) is 0 Å². The van der Waals surface area contributed by atoms with Gasteiger partial charge in [0.2, 0.25) is 0 Å². The molecule has 108 valence electrons. The van der Waals surface area contributed by atoms with Gasteiger partial charge in [-0.1, -0.05) is 11.6 Å². The Bertz CT molecular complexity index is 823. The maximum absolute atomic E-state index is 14.1. The molecule has 0 aliphatic heterocycles. The topological polar surface area (TPSA) is 17.8 Å². The summed E-state index contributed by atoms with van der Waals surface area (Å²) < 4.78 is 41.9. The summed E-state index contributed by atoms with van der Waals surface area (Å²) in [6, 6.07) is 5.57. The summed E-state index contributed by atoms with van der Waals surface area (Å²) >= 11 is 11.8. The summed E-state index contributed by atoms with van der Waals surface area (Å²) in [6.07, 6.45) is 0. The molecule has 0 bridgehead atoms. The maximum Gasteiger partial charge on any atom is 0.151 e. The number of hydrogen-bond donors (Lipinski definition) is 0. The van der Waals surface area contributed by atoms with Crippen LogP contribution in [0.25, 0.3) is 16.7 Å². The maximum atomic E-state index is 14.1. The third-order valence-electron chi connectivity index (χ3n) is 3.01. The zero-order chi connectivity index (χ0) is 15.1. The van der Waals surface area contributed by atoms with Crippen LogP contribution in [-0.2, 0) is 5.88 Å². The number of rotatable bonds is 2. The third kappa shape index (κ3) is 2.36. The fraction of sp³-hybridized carbons (Fsp3) is 0.0714. The molecule has 21 heavy (non-hydrogen) atoms. The van der Waals surface area contributed by atoms with Gasteiger partial charge in [-0.2, -0.15) is 0 Å². The van der Waals surface area contributed by atoms with E-state index >= 15 is 0 Å². The van der Waals surface area contributed by atoms with Crippen molar-refractivity contribution in [1.29, 1.82) is 0 Å². The molecule has 0 aliphatic carbocycles. The predicted octanol–water partition coefficient (Wildman–Crippen LogP) is 4.84. The average Bonchev–Trinajstić information content (AvgIpc) is 2.75. The van der Waals surface area contributed by atoms with Gasteiger partial charge in [0.15, 0.2) is 5.82 Å². The lowest BCUT2D eigenvalue weighted by molar-refractivity contribution is 0.578. The SMILES string of the molecule is Fc1cc(F)c(-n2c(CCl)nc3cc(F)ccc32)c(Cl)c1. The Hall–Kier alpha value is -1.72. The van der Waals surface area contributed by atoms with Crippen molar-refractivity contribution in [3.05, 3.63) is 58.6 Å². The summed E-state index contributed by atoms with van der Waals surface area (Å²) in [6.45, 7) is 0. The molecule has 0 saturated carbocycles. The molecule has 7 heteroatoms. The first kappa shape index (κ1) is 14.2. The van der Waals surface area contributed by atoms with Crippen molar-refractivity contribution < 1.29 is 13.2 Å². The van der Waals surface area contributed by atoms with E-state index in [1.807, 2.05) is 0 Å². The van der Waals surface area contributed by atoms with Crippen molar-refractivity contribution >= 4 is 34.2 Å². The molecule has 1 aromatic heterocycles. The molecular formula is C14H7Cl2F3N2. The van der Waals surface area contributed by atoms with Gasteiger partial charge in [-0.25, -0.2) is 18.2 Å². The standard InChI is InChI=1S/C14H7Cl2F3N2/c15-6-13-20-11-5-7(17)1-2-12(11)21(13)14-9(16)3-8(18)4-10(14)19/h1-5H,6H2. The highest BCUT2D eigenvalue weighted by molar-refractivity contribution is 6.32. The predicted molar refractivity (Wildman–Crippen MR) is 75.5 cm³/mol. The first-order valence-corrected chi connectivity index (χ1v) is 6.80. The second-order valence-electron chi connectivity index (χ2n) is 4.35. The number of aromatic nitrogens is 2. The van der Waals surface area contributed by atoms with Crippen LogP contribution in [0.2, 0.25) is 5.02 Å². The van der Waals surface area contributed by atoms with E-state index in [9.17, 15) is 13.2 Å². The van der Waals surface area contributed by atoms with E-state index in [-0.39, 0.29) is 22.4 Å². The van der Waals surface area contributed by atoms with Crippen LogP contribution in [0.4, 0.5) is 13.2 Å². The smallest absolute Gasteiger partial charge is 0.151 e. The lowest BCUT2D eigenvalue weighted by atomic mass is 10.2. The fourth-order valence-corrected chi connectivity index (χ4v) is 2.65. The quantitative estimate of drug-likeness (QED) is 0.615. The minimum Gasteiger partial charge on any atom is -0.291 e. The fourth-order valence-electron chi connectivity index (χ4n) is 2.19. The van der Waals surface area contributed by atoms with Crippen LogP contribution in [0.3, 0.4) is 0 Å². The van der Waals surface area contributed by atoms with Gasteiger partial charge in [-0.05, 0) is 18.2 Å². The van der Waals surface area contributed by atoms with Crippen LogP contribution in [0, 0.1) is 17.5 Å². The normalized spacial score (nSPS) is 11.3. The van der Waals surface area contributed by atoms with Crippen LogP contribution in [0.5, 0.6) is 0 Å². The number of fused-ring (bicyclic) bond motifs is 1. The zero-order valence-corrected chi connectivity index (χ0v) is 11.9. The summed E-state index contributed by atoms with van der Waals surface area (Å²) in [5.41, 5.74) is 0.674. The number of imidazole rings is 1. The molecule has 3 aromatic rings. The molecule has 3 rings (SSSR count). The van der Waals surface area contributed by atoms with E-state index in [2.05, 4.69) is 4.98 Å². The first-order chi connectivity index (χ1) is 10.0. The molecule has 2 nitrogen and oxygen atoms in total. The summed E-state index contributed by atoms with van der Waals surface area (Å²) in [5, 5.41) is -0.123. The van der Waals surface area contributed by atoms with Crippen molar-refractivity contribution in [3.8, 4) is 5.69 Å². The molecule has 0 unspecified atom stereocenters. The van der Waals surface area contributed by atoms with Gasteiger partial charge in [0.05, 0.1) is 21.9 Å². The largest absolute Gasteiger partial charge is 0.291 e. The number of benzene rings is 2. The van der Waals surface area contributed by atoms with Gasteiger partial charge >= 0.3 is 0 Å². The molecule has 0 radical (unpaired) electrons. The highest BCUT2D eigenvalue weighted by Crippen LogP contribution is 2.30. The highest BCUT2D eigenvalue weighted by Gasteiger charge is 2.19. The number of halogens is 5. The molecule has 2 aromatic carbocycles. The first-order valence-electron chi connectivity index (χ1n) is 5.89. The number of nitrogens with zero attached hydrogens (tertiary/aromatic N) is 2. The molecular weight excluding hydrogens is 324 g/mol. The molecule has 1 heterocycles. The van der Waals surface area contributed by atoms with E-state index in [4.69, 9.17) is 23.2 Å². The molecule has 0 amide bonds. The van der Waals surface area contributed by atoms with Crippen LogP contribution >= 0.6 is 23.2 Å². The lowest BCUT2D eigenvalue weighted by Crippen LogP contribution is -2.03. The van der Waals surface area contributed by atoms with Crippen molar-refractivity contribution in [2.45, 2.75) is 5.88 Å². The number of alkyl halides is 1. The van der Waals surface area contributed by atoms with Gasteiger partial charge in [-0.3, -0.25) is 4.57 Å². The summed E-state index contributed by atoms with van der Waals surface area (Å²) in [7, 11) is 0. The van der Waals surface area contributed by atoms with E-state index < -0.39 is 17.5 Å². The van der Waals surface area contributed by atoms with Gasteiger partial charge in [-0.15, -0.1) is 11.6 Å². The Labute approximate surface area is 127 Å². The van der Waals surface area contributed by atoms with Gasteiger partial charge in [0, 0.05) is 12.1 Å². The second-order valence-corrected chi connectivity index (χ2v) is 5.02. The Morgan fingerprint density at radius 2 is 1.81 bits per heavy atom. The van der Waals surface area contributed by atoms with Crippen molar-refractivity contribution in [2.24, 2.45) is 0 Å². The Morgan fingerprint density at radius 1 is 1.05 bits per heavy atom. The van der Waals surface area contributed by atoms with Gasteiger partial charge in [0.1, 0.15) is 23.1 Å². The zero-order valence-electron chi connectivity index (χ0n) is 10.4. The molecule has 0 fully saturated rings. The minimum atomic E-state index is -0.852. The average molecular weight is 331 g/mol. The molecule has 0 spiro atoms. The van der Waals surface area contributed by atoms with Gasteiger partial charge in [0.25, 0.3) is 0 Å².